The Morgan fingerprint density at radius 1 is 1.47 bits per heavy atom. The van der Waals surface area contributed by atoms with Gasteiger partial charge < -0.3 is 10.1 Å². The average molecular weight is 274 g/mol. The monoisotopic (exact) mass is 274 g/mol. The minimum absolute atomic E-state index is 0.0327. The lowest BCUT2D eigenvalue weighted by atomic mass is 9.89. The number of nitrogens with zero attached hydrogens (tertiary/aromatic N) is 1. The van der Waals surface area contributed by atoms with Gasteiger partial charge in [-0.3, -0.25) is 4.98 Å². The highest BCUT2D eigenvalue weighted by Crippen LogP contribution is 2.38. The minimum atomic E-state index is -4.36. The van der Waals surface area contributed by atoms with E-state index in [2.05, 4.69) is 10.3 Å². The van der Waals surface area contributed by atoms with Gasteiger partial charge in [0, 0.05) is 24.4 Å². The minimum Gasteiger partial charge on any atom is -0.378 e. The Kier molecular flexibility index (Phi) is 4.10. The van der Waals surface area contributed by atoms with E-state index in [-0.39, 0.29) is 17.6 Å². The Morgan fingerprint density at radius 3 is 2.74 bits per heavy atom. The van der Waals surface area contributed by atoms with Gasteiger partial charge in [0.15, 0.2) is 0 Å². The topological polar surface area (TPSA) is 34.2 Å². The molecule has 0 saturated carbocycles. The van der Waals surface area contributed by atoms with Crippen molar-refractivity contribution in [2.45, 2.75) is 31.7 Å². The van der Waals surface area contributed by atoms with Crippen molar-refractivity contribution in [1.82, 2.24) is 10.3 Å². The molecule has 0 amide bonds. The van der Waals surface area contributed by atoms with Crippen molar-refractivity contribution < 1.29 is 17.9 Å². The number of rotatable bonds is 3. The Labute approximate surface area is 110 Å². The fourth-order valence-corrected chi connectivity index (χ4v) is 2.64. The Bertz CT molecular complexity index is 436. The summed E-state index contributed by atoms with van der Waals surface area (Å²) in [6.45, 7) is 2.40. The van der Waals surface area contributed by atoms with Crippen molar-refractivity contribution in [3.05, 3.63) is 29.6 Å². The summed E-state index contributed by atoms with van der Waals surface area (Å²) in [4.78, 5) is 3.84. The van der Waals surface area contributed by atoms with Crippen molar-refractivity contribution in [3.63, 3.8) is 0 Å². The van der Waals surface area contributed by atoms with E-state index in [9.17, 15) is 13.2 Å². The van der Waals surface area contributed by atoms with Gasteiger partial charge in [0.05, 0.1) is 18.3 Å². The maximum Gasteiger partial charge on any atom is 0.416 e. The number of nitrogens with one attached hydrogen (secondary N) is 1. The lowest BCUT2D eigenvalue weighted by Crippen LogP contribution is -2.28. The molecule has 1 aliphatic rings. The molecule has 2 heterocycles. The van der Waals surface area contributed by atoms with Gasteiger partial charge in [0.25, 0.3) is 0 Å². The average Bonchev–Trinajstić information content (AvgIpc) is 2.76. The summed E-state index contributed by atoms with van der Waals surface area (Å²) in [5.41, 5.74) is -0.429. The van der Waals surface area contributed by atoms with Crippen LogP contribution in [0, 0.1) is 5.92 Å². The molecule has 0 spiro atoms. The lowest BCUT2D eigenvalue weighted by molar-refractivity contribution is -0.138. The Balaban J connectivity index is 2.33. The van der Waals surface area contributed by atoms with Crippen LogP contribution in [-0.2, 0) is 10.9 Å². The molecule has 0 aliphatic carbocycles. The molecule has 1 saturated heterocycles. The van der Waals surface area contributed by atoms with Crippen molar-refractivity contribution in [3.8, 4) is 0 Å². The first-order chi connectivity index (χ1) is 8.93. The first-order valence-corrected chi connectivity index (χ1v) is 6.23. The zero-order valence-electron chi connectivity index (χ0n) is 10.9. The SMILES string of the molecule is CNC(c1cnccc1C(F)(F)F)C1COC(C)C1. The molecule has 3 atom stereocenters. The van der Waals surface area contributed by atoms with Crippen LogP contribution in [0.3, 0.4) is 0 Å². The van der Waals surface area contributed by atoms with E-state index in [1.165, 1.54) is 12.4 Å². The third-order valence-electron chi connectivity index (χ3n) is 3.50. The van der Waals surface area contributed by atoms with E-state index >= 15 is 0 Å². The summed E-state index contributed by atoms with van der Waals surface area (Å²) in [5, 5.41) is 2.97. The molecule has 1 aliphatic heterocycles. The second kappa shape index (κ2) is 5.46. The molecule has 1 aromatic heterocycles. The zero-order valence-corrected chi connectivity index (χ0v) is 10.9. The molecule has 0 bridgehead atoms. The highest BCUT2D eigenvalue weighted by atomic mass is 19.4. The molecule has 3 unspecified atom stereocenters. The van der Waals surface area contributed by atoms with Gasteiger partial charge in [-0.15, -0.1) is 0 Å². The first-order valence-electron chi connectivity index (χ1n) is 6.23. The standard InChI is InChI=1S/C13H17F3N2O/c1-8-5-9(7-19-8)12(17-2)10-6-18-4-3-11(10)13(14,15)16/h3-4,6,8-9,12,17H,5,7H2,1-2H3. The molecule has 1 N–H and O–H groups in total. The van der Waals surface area contributed by atoms with Crippen LogP contribution >= 0.6 is 0 Å². The quantitative estimate of drug-likeness (QED) is 0.920. The van der Waals surface area contributed by atoms with Crippen LogP contribution in [0.15, 0.2) is 18.5 Å². The van der Waals surface area contributed by atoms with Crippen LogP contribution in [0.5, 0.6) is 0 Å². The molecule has 106 valence electrons. The molecule has 6 heteroatoms. The van der Waals surface area contributed by atoms with Crippen LogP contribution in [0.25, 0.3) is 0 Å². The fraction of sp³-hybridized carbons (Fsp3) is 0.615. The molecule has 19 heavy (non-hydrogen) atoms. The molecule has 1 aromatic rings. The normalized spacial score (nSPS) is 25.5. The zero-order chi connectivity index (χ0) is 14.0. The van der Waals surface area contributed by atoms with Gasteiger partial charge in [0.1, 0.15) is 0 Å². The largest absolute Gasteiger partial charge is 0.416 e. The van der Waals surface area contributed by atoms with Crippen LogP contribution < -0.4 is 5.32 Å². The maximum atomic E-state index is 13.0. The number of ether oxygens (including phenoxy) is 1. The van der Waals surface area contributed by atoms with Crippen molar-refractivity contribution >= 4 is 0 Å². The number of hydrogen-bond acceptors (Lipinski definition) is 3. The molecule has 0 aromatic carbocycles. The Hall–Kier alpha value is -1.14. The predicted octanol–water partition coefficient (Wildman–Crippen LogP) is 2.79. The second-order valence-corrected chi connectivity index (χ2v) is 4.87. The van der Waals surface area contributed by atoms with Crippen LogP contribution in [0.2, 0.25) is 0 Å². The number of hydrogen-bond donors (Lipinski definition) is 1. The highest BCUT2D eigenvalue weighted by molar-refractivity contribution is 5.30. The summed E-state index contributed by atoms with van der Waals surface area (Å²) in [6.07, 6.45) is -1.05. The van der Waals surface area contributed by atoms with E-state index in [0.29, 0.717) is 6.61 Å². The van der Waals surface area contributed by atoms with Crippen LogP contribution in [-0.4, -0.2) is 24.7 Å². The molecule has 1 fully saturated rings. The molecule has 0 radical (unpaired) electrons. The number of alkyl halides is 3. The van der Waals surface area contributed by atoms with Gasteiger partial charge in [-0.2, -0.15) is 13.2 Å². The van der Waals surface area contributed by atoms with E-state index < -0.39 is 17.8 Å². The second-order valence-electron chi connectivity index (χ2n) is 4.87. The summed E-state index contributed by atoms with van der Waals surface area (Å²) in [5.74, 6) is 0.0327. The van der Waals surface area contributed by atoms with Crippen LogP contribution in [0.4, 0.5) is 13.2 Å². The first kappa shape index (κ1) is 14.3. The number of aromatic nitrogens is 1. The molecule has 3 nitrogen and oxygen atoms in total. The fourth-order valence-electron chi connectivity index (χ4n) is 2.64. The number of pyridine rings is 1. The van der Waals surface area contributed by atoms with Crippen molar-refractivity contribution in [2.75, 3.05) is 13.7 Å². The van der Waals surface area contributed by atoms with Gasteiger partial charge in [-0.1, -0.05) is 0 Å². The van der Waals surface area contributed by atoms with Gasteiger partial charge in [-0.25, -0.2) is 0 Å². The summed E-state index contributed by atoms with van der Waals surface area (Å²) in [7, 11) is 1.67. The summed E-state index contributed by atoms with van der Waals surface area (Å²) >= 11 is 0. The van der Waals surface area contributed by atoms with Crippen LogP contribution in [0.1, 0.15) is 30.5 Å². The lowest BCUT2D eigenvalue weighted by Gasteiger charge is -2.25. The Morgan fingerprint density at radius 2 is 2.21 bits per heavy atom. The number of halogens is 3. The third-order valence-corrected chi connectivity index (χ3v) is 3.50. The van der Waals surface area contributed by atoms with E-state index in [1.807, 2.05) is 6.92 Å². The molecular formula is C13H17F3N2O. The third kappa shape index (κ3) is 3.06. The van der Waals surface area contributed by atoms with Gasteiger partial charge >= 0.3 is 6.18 Å². The smallest absolute Gasteiger partial charge is 0.378 e. The maximum absolute atomic E-state index is 13.0. The highest BCUT2D eigenvalue weighted by Gasteiger charge is 2.38. The van der Waals surface area contributed by atoms with Gasteiger partial charge in [0.2, 0.25) is 0 Å². The molecular weight excluding hydrogens is 257 g/mol. The van der Waals surface area contributed by atoms with E-state index in [4.69, 9.17) is 4.74 Å². The summed E-state index contributed by atoms with van der Waals surface area (Å²) < 4.78 is 44.5. The van der Waals surface area contributed by atoms with E-state index in [0.717, 1.165) is 12.5 Å². The van der Waals surface area contributed by atoms with Crippen molar-refractivity contribution in [1.29, 1.82) is 0 Å². The molecule has 2 rings (SSSR count). The van der Waals surface area contributed by atoms with Gasteiger partial charge in [-0.05, 0) is 32.0 Å². The van der Waals surface area contributed by atoms with E-state index in [1.54, 1.807) is 7.05 Å². The predicted molar refractivity (Wildman–Crippen MR) is 64.6 cm³/mol. The summed E-state index contributed by atoms with van der Waals surface area (Å²) in [6, 6.07) is 0.633. The van der Waals surface area contributed by atoms with Crippen molar-refractivity contribution in [2.24, 2.45) is 5.92 Å².